The van der Waals surface area contributed by atoms with Gasteiger partial charge in [-0.1, -0.05) is 30.3 Å². The fourth-order valence-electron chi connectivity index (χ4n) is 3.20. The summed E-state index contributed by atoms with van der Waals surface area (Å²) in [6.45, 7) is -0.216. The number of non-ortho nitro benzene ring substituents is 1. The number of nitro benzene ring substituents is 1. The van der Waals surface area contributed by atoms with Gasteiger partial charge in [0.05, 0.1) is 16.8 Å². The number of para-hydroxylation sites is 1. The van der Waals surface area contributed by atoms with E-state index in [1.165, 1.54) is 29.3 Å². The smallest absolute Gasteiger partial charge is 0.339 e. The lowest BCUT2D eigenvalue weighted by Gasteiger charge is -2.30. The summed E-state index contributed by atoms with van der Waals surface area (Å²) in [6, 6.07) is 19.1. The number of carbonyl (C=O) groups excluding carboxylic acids is 2. The Morgan fingerprint density at radius 2 is 1.86 bits per heavy atom. The highest BCUT2D eigenvalue weighted by atomic mass is 32.1. The lowest BCUT2D eigenvalue weighted by molar-refractivity contribution is -0.384. The zero-order valence-electron chi connectivity index (χ0n) is 18.0. The van der Waals surface area contributed by atoms with Gasteiger partial charge in [0.15, 0.2) is 11.7 Å². The van der Waals surface area contributed by atoms with Gasteiger partial charge in [-0.15, -0.1) is 0 Å². The van der Waals surface area contributed by atoms with Gasteiger partial charge in [-0.05, 0) is 36.5 Å². The summed E-state index contributed by atoms with van der Waals surface area (Å²) in [4.78, 5) is 36.3. The first-order valence-corrected chi connectivity index (χ1v) is 10.6. The van der Waals surface area contributed by atoms with E-state index >= 15 is 0 Å². The van der Waals surface area contributed by atoms with Crippen LogP contribution < -0.4 is 25.7 Å². The van der Waals surface area contributed by atoms with Crippen LogP contribution in [0.25, 0.3) is 0 Å². The quantitative estimate of drug-likeness (QED) is 0.214. The molecule has 0 saturated heterocycles. The van der Waals surface area contributed by atoms with Crippen LogP contribution in [0.3, 0.4) is 0 Å². The molecule has 1 aliphatic rings. The molecule has 0 atom stereocenters. The number of ether oxygens (including phenoxy) is 1. The van der Waals surface area contributed by atoms with Gasteiger partial charge < -0.3 is 15.4 Å². The van der Waals surface area contributed by atoms with Crippen LogP contribution in [0.15, 0.2) is 77.9 Å². The van der Waals surface area contributed by atoms with Crippen LogP contribution in [-0.2, 0) is 4.79 Å². The van der Waals surface area contributed by atoms with Gasteiger partial charge in [0, 0.05) is 35.1 Å². The maximum Gasteiger partial charge on any atom is 0.339 e. The van der Waals surface area contributed by atoms with Gasteiger partial charge in [-0.2, -0.15) is 5.10 Å². The molecule has 176 valence electrons. The fraction of sp³-hybridized carbons (Fsp3) is 0.0435. The van der Waals surface area contributed by atoms with Gasteiger partial charge in [0.25, 0.3) is 11.6 Å². The number of carbonyl (C=O) groups is 2. The Morgan fingerprint density at radius 1 is 1.06 bits per heavy atom. The number of hydrazone groups is 1. The first kappa shape index (κ1) is 23.3. The molecule has 0 saturated carbocycles. The van der Waals surface area contributed by atoms with E-state index in [2.05, 4.69) is 21.2 Å². The summed E-state index contributed by atoms with van der Waals surface area (Å²) in [7, 11) is 0. The van der Waals surface area contributed by atoms with Crippen molar-refractivity contribution in [1.29, 1.82) is 0 Å². The molecular weight excluding hydrogens is 472 g/mol. The van der Waals surface area contributed by atoms with Crippen molar-refractivity contribution in [2.75, 3.05) is 22.1 Å². The Hall–Kier alpha value is -4.84. The normalized spacial score (nSPS) is 12.5. The monoisotopic (exact) mass is 490 g/mol. The molecule has 3 aromatic rings. The van der Waals surface area contributed by atoms with Gasteiger partial charge >= 0.3 is 6.03 Å². The summed E-state index contributed by atoms with van der Waals surface area (Å²) in [6.07, 6.45) is 1.28. The molecule has 3 N–H and O–H groups in total. The van der Waals surface area contributed by atoms with Crippen molar-refractivity contribution in [2.24, 2.45) is 5.10 Å². The van der Waals surface area contributed by atoms with Crippen molar-refractivity contribution >= 4 is 58.2 Å². The molecule has 0 aliphatic carbocycles. The number of hydrogen-bond donors (Lipinski definition) is 3. The van der Waals surface area contributed by atoms with Gasteiger partial charge in [0.2, 0.25) is 0 Å². The van der Waals surface area contributed by atoms with Crippen molar-refractivity contribution in [3.63, 3.8) is 0 Å². The molecule has 3 aromatic carbocycles. The molecule has 0 aromatic heterocycles. The van der Waals surface area contributed by atoms with Crippen molar-refractivity contribution in [3.8, 4) is 5.75 Å². The van der Waals surface area contributed by atoms with E-state index in [0.717, 1.165) is 5.69 Å². The molecule has 1 heterocycles. The molecule has 3 amide bonds. The number of benzene rings is 3. The molecular formula is C23H18N6O5S. The minimum absolute atomic E-state index is 0.0848. The fourth-order valence-corrected chi connectivity index (χ4v) is 3.52. The summed E-state index contributed by atoms with van der Waals surface area (Å²) in [5, 5.41) is 20.4. The predicted molar refractivity (Wildman–Crippen MR) is 135 cm³/mol. The maximum absolute atomic E-state index is 12.5. The predicted octanol–water partition coefficient (Wildman–Crippen LogP) is 3.87. The summed E-state index contributed by atoms with van der Waals surface area (Å²) in [5.74, 6) is 0.0274. The van der Waals surface area contributed by atoms with Crippen LogP contribution in [-0.4, -0.2) is 34.8 Å². The van der Waals surface area contributed by atoms with Crippen LogP contribution in [0.2, 0.25) is 0 Å². The highest BCUT2D eigenvalue weighted by molar-refractivity contribution is 7.80. The number of rotatable bonds is 5. The van der Waals surface area contributed by atoms with E-state index in [9.17, 15) is 19.7 Å². The molecule has 1 aliphatic heterocycles. The van der Waals surface area contributed by atoms with Crippen molar-refractivity contribution < 1.29 is 19.2 Å². The minimum Gasteiger partial charge on any atom is -0.481 e. The summed E-state index contributed by atoms with van der Waals surface area (Å²) < 4.78 is 5.52. The minimum atomic E-state index is -0.642. The second kappa shape index (κ2) is 10.4. The molecule has 0 spiro atoms. The van der Waals surface area contributed by atoms with Gasteiger partial charge in [0.1, 0.15) is 5.75 Å². The molecule has 12 heteroatoms. The third-order valence-electron chi connectivity index (χ3n) is 4.75. The van der Waals surface area contributed by atoms with Crippen LogP contribution in [0.5, 0.6) is 5.75 Å². The number of fused-ring (bicyclic) bond motifs is 1. The van der Waals surface area contributed by atoms with Crippen molar-refractivity contribution in [1.82, 2.24) is 5.43 Å². The number of nitrogens with zero attached hydrogens (tertiary/aromatic N) is 3. The molecule has 0 fully saturated rings. The molecule has 11 nitrogen and oxygen atoms in total. The molecule has 35 heavy (non-hydrogen) atoms. The number of nitrogens with one attached hydrogen (secondary N) is 3. The van der Waals surface area contributed by atoms with E-state index in [0.29, 0.717) is 22.7 Å². The second-order valence-corrected chi connectivity index (χ2v) is 7.56. The molecule has 4 rings (SSSR count). The number of thiocarbonyl (C=S) groups is 1. The summed E-state index contributed by atoms with van der Waals surface area (Å²) in [5.41, 5.74) is 4.21. The van der Waals surface area contributed by atoms with E-state index < -0.39 is 11.0 Å². The molecule has 0 radical (unpaired) electrons. The van der Waals surface area contributed by atoms with E-state index in [1.54, 1.807) is 24.3 Å². The van der Waals surface area contributed by atoms with Crippen LogP contribution in [0.1, 0.15) is 5.56 Å². The van der Waals surface area contributed by atoms with E-state index in [4.69, 9.17) is 17.0 Å². The van der Waals surface area contributed by atoms with Gasteiger partial charge in [-0.3, -0.25) is 19.8 Å². The number of anilines is 3. The number of urea groups is 1. The Balaban J connectivity index is 1.41. The topological polar surface area (TPSA) is 138 Å². The first-order chi connectivity index (χ1) is 16.9. The summed E-state index contributed by atoms with van der Waals surface area (Å²) >= 11 is 5.43. The Kier molecular flexibility index (Phi) is 6.93. The van der Waals surface area contributed by atoms with Crippen molar-refractivity contribution in [3.05, 3.63) is 88.5 Å². The Morgan fingerprint density at radius 3 is 2.63 bits per heavy atom. The largest absolute Gasteiger partial charge is 0.481 e. The molecule has 0 unspecified atom stereocenters. The standard InChI is InChI=1S/C23H18N6O5S/c30-21-14-34-20-12-17(9-10-19(20)28(21)23(35)26-16-6-2-1-3-7-16)25-22(31)27-24-13-15-5-4-8-18(11-15)29(32)33/h1-13H,14H2,(H,26,35)(H2,25,27,31)/b24-13-. The van der Waals surface area contributed by atoms with Gasteiger partial charge in [-0.25, -0.2) is 10.2 Å². The molecule has 0 bridgehead atoms. The lowest BCUT2D eigenvalue weighted by atomic mass is 10.2. The number of amides is 3. The maximum atomic E-state index is 12.5. The zero-order chi connectivity index (χ0) is 24.8. The Bertz CT molecular complexity index is 1330. The zero-order valence-corrected chi connectivity index (χ0v) is 18.8. The average Bonchev–Trinajstić information content (AvgIpc) is 2.84. The van der Waals surface area contributed by atoms with Crippen LogP contribution in [0.4, 0.5) is 27.5 Å². The van der Waals surface area contributed by atoms with Crippen LogP contribution >= 0.6 is 12.2 Å². The number of nitro groups is 1. The Labute approximate surface area is 204 Å². The average molecular weight is 491 g/mol. The second-order valence-electron chi connectivity index (χ2n) is 7.17. The lowest BCUT2D eigenvalue weighted by Crippen LogP contribution is -2.45. The third kappa shape index (κ3) is 5.75. The highest BCUT2D eigenvalue weighted by Gasteiger charge is 2.29. The van der Waals surface area contributed by atoms with E-state index in [-0.39, 0.29) is 23.3 Å². The van der Waals surface area contributed by atoms with Crippen LogP contribution in [0, 0.1) is 10.1 Å². The third-order valence-corrected chi connectivity index (χ3v) is 5.03. The highest BCUT2D eigenvalue weighted by Crippen LogP contribution is 2.35. The SMILES string of the molecule is O=C(N/N=C\c1cccc([N+](=O)[O-])c1)Nc1ccc2c(c1)OCC(=O)N2C(=S)Nc1ccccc1. The number of hydrogen-bond acceptors (Lipinski definition) is 7. The van der Waals surface area contributed by atoms with E-state index in [1.807, 2.05) is 30.3 Å². The van der Waals surface area contributed by atoms with Crippen molar-refractivity contribution in [2.45, 2.75) is 0 Å². The first-order valence-electron chi connectivity index (χ1n) is 10.2.